The highest BCUT2D eigenvalue weighted by Crippen LogP contribution is 2.17. The molecule has 0 fully saturated rings. The Labute approximate surface area is 150 Å². The van der Waals surface area contributed by atoms with E-state index in [1.54, 1.807) is 12.1 Å². The molecule has 4 heteroatoms. The third-order valence-corrected chi connectivity index (χ3v) is 4.50. The van der Waals surface area contributed by atoms with Crippen LogP contribution in [-0.2, 0) is 24.3 Å². The third-order valence-electron chi connectivity index (χ3n) is 4.50. The lowest BCUT2D eigenvalue weighted by Crippen LogP contribution is -2.26. The molecule has 25 heavy (non-hydrogen) atoms. The van der Waals surface area contributed by atoms with Gasteiger partial charge < -0.3 is 10.4 Å². The Bertz CT molecular complexity index is 681. The van der Waals surface area contributed by atoms with Gasteiger partial charge in [0.05, 0.1) is 0 Å². The summed E-state index contributed by atoms with van der Waals surface area (Å²) in [6.45, 7) is 7.78. The number of nitrogens with zero attached hydrogens (tertiary/aromatic N) is 1. The highest BCUT2D eigenvalue weighted by molar-refractivity contribution is 5.76. The minimum absolute atomic E-state index is 0.000829. The monoisotopic (exact) mass is 340 g/mol. The van der Waals surface area contributed by atoms with Gasteiger partial charge in [0.25, 0.3) is 0 Å². The van der Waals surface area contributed by atoms with Crippen molar-refractivity contribution in [3.05, 3.63) is 65.2 Å². The molecule has 2 rings (SSSR count). The Kier molecular flexibility index (Phi) is 7.48. The first-order valence-electron chi connectivity index (χ1n) is 8.96. The van der Waals surface area contributed by atoms with E-state index in [1.165, 1.54) is 5.56 Å². The van der Waals surface area contributed by atoms with E-state index in [1.807, 2.05) is 24.3 Å². The van der Waals surface area contributed by atoms with Crippen molar-refractivity contribution in [3.63, 3.8) is 0 Å². The van der Waals surface area contributed by atoms with Gasteiger partial charge >= 0.3 is 0 Å². The smallest absolute Gasteiger partial charge is 0.220 e. The van der Waals surface area contributed by atoms with Crippen molar-refractivity contribution in [1.82, 2.24) is 10.2 Å². The van der Waals surface area contributed by atoms with Crippen LogP contribution in [0, 0.1) is 0 Å². The molecule has 0 aliphatic carbocycles. The summed E-state index contributed by atoms with van der Waals surface area (Å²) in [6, 6.07) is 15.4. The molecule has 0 aliphatic heterocycles. The number of para-hydroxylation sites is 1. The zero-order valence-corrected chi connectivity index (χ0v) is 15.2. The van der Waals surface area contributed by atoms with Crippen LogP contribution in [0.4, 0.5) is 0 Å². The number of nitrogens with one attached hydrogen (secondary N) is 1. The molecule has 0 atom stereocenters. The van der Waals surface area contributed by atoms with E-state index in [0.29, 0.717) is 19.4 Å². The van der Waals surface area contributed by atoms with E-state index in [2.05, 4.69) is 36.2 Å². The number of aryl methyl sites for hydroxylation is 1. The van der Waals surface area contributed by atoms with Crippen LogP contribution in [-0.4, -0.2) is 29.0 Å². The van der Waals surface area contributed by atoms with Crippen molar-refractivity contribution in [2.45, 2.75) is 39.8 Å². The maximum absolute atomic E-state index is 12.1. The molecule has 0 bridgehead atoms. The molecule has 2 aromatic carbocycles. The lowest BCUT2D eigenvalue weighted by Gasteiger charge is -2.20. The number of carbonyl (C=O) groups is 1. The largest absolute Gasteiger partial charge is 0.508 e. The molecule has 134 valence electrons. The van der Waals surface area contributed by atoms with Crippen molar-refractivity contribution in [2.75, 3.05) is 13.1 Å². The van der Waals surface area contributed by atoms with Crippen molar-refractivity contribution < 1.29 is 9.90 Å². The van der Waals surface area contributed by atoms with E-state index < -0.39 is 0 Å². The van der Waals surface area contributed by atoms with Crippen LogP contribution < -0.4 is 5.32 Å². The molecule has 1 amide bonds. The first-order valence-corrected chi connectivity index (χ1v) is 8.96. The van der Waals surface area contributed by atoms with Crippen LogP contribution in [0.25, 0.3) is 0 Å². The van der Waals surface area contributed by atoms with Crippen molar-refractivity contribution in [2.24, 2.45) is 0 Å². The Hall–Kier alpha value is -2.33. The SMILES string of the molecule is CCN(CC)Cc1ccccc1CNC(=O)CCc1ccccc1O. The second kappa shape index (κ2) is 9.84. The van der Waals surface area contributed by atoms with E-state index in [4.69, 9.17) is 0 Å². The predicted molar refractivity (Wildman–Crippen MR) is 101 cm³/mol. The summed E-state index contributed by atoms with van der Waals surface area (Å²) in [7, 11) is 0. The normalized spacial score (nSPS) is 10.8. The summed E-state index contributed by atoms with van der Waals surface area (Å²) in [5.74, 6) is 0.251. The second-order valence-electron chi connectivity index (χ2n) is 6.14. The molecule has 0 aromatic heterocycles. The van der Waals surface area contributed by atoms with Gasteiger partial charge in [-0.1, -0.05) is 56.3 Å². The molecule has 2 N–H and O–H groups in total. The third kappa shape index (κ3) is 5.91. The van der Waals surface area contributed by atoms with Gasteiger partial charge in [-0.15, -0.1) is 0 Å². The topological polar surface area (TPSA) is 52.6 Å². The first-order chi connectivity index (χ1) is 12.1. The molecule has 0 saturated heterocycles. The molecule has 0 aliphatic rings. The predicted octanol–water partition coefficient (Wildman–Crippen LogP) is 3.48. The molecule has 2 aromatic rings. The first kappa shape index (κ1) is 19.0. The Morgan fingerprint density at radius 2 is 1.56 bits per heavy atom. The number of phenols is 1. The molecule has 0 heterocycles. The average molecular weight is 340 g/mol. The van der Waals surface area contributed by atoms with Crippen LogP contribution in [0.5, 0.6) is 5.75 Å². The molecule has 0 saturated carbocycles. The number of phenolic OH excluding ortho intramolecular Hbond substituents is 1. The van der Waals surface area contributed by atoms with Crippen molar-refractivity contribution in [1.29, 1.82) is 0 Å². The van der Waals surface area contributed by atoms with Crippen molar-refractivity contribution in [3.8, 4) is 5.75 Å². The van der Waals surface area contributed by atoms with Gasteiger partial charge in [0, 0.05) is 19.5 Å². The fourth-order valence-corrected chi connectivity index (χ4v) is 2.82. The van der Waals surface area contributed by atoms with Gasteiger partial charge in [-0.3, -0.25) is 9.69 Å². The van der Waals surface area contributed by atoms with Gasteiger partial charge in [0.2, 0.25) is 5.91 Å². The van der Waals surface area contributed by atoms with E-state index in [-0.39, 0.29) is 11.7 Å². The number of hydrogen-bond acceptors (Lipinski definition) is 3. The van der Waals surface area contributed by atoms with Crippen LogP contribution in [0.15, 0.2) is 48.5 Å². The number of aromatic hydroxyl groups is 1. The zero-order chi connectivity index (χ0) is 18.1. The molecule has 0 radical (unpaired) electrons. The summed E-state index contributed by atoms with van der Waals surface area (Å²) in [5, 5.41) is 12.8. The second-order valence-corrected chi connectivity index (χ2v) is 6.14. The van der Waals surface area contributed by atoms with Gasteiger partial charge in [-0.2, -0.15) is 0 Å². The summed E-state index contributed by atoms with van der Waals surface area (Å²) in [5.41, 5.74) is 3.22. The summed E-state index contributed by atoms with van der Waals surface area (Å²) >= 11 is 0. The number of hydrogen-bond donors (Lipinski definition) is 2. The number of carbonyl (C=O) groups excluding carboxylic acids is 1. The van der Waals surface area contributed by atoms with Crippen LogP contribution in [0.3, 0.4) is 0 Å². The molecule has 0 unspecified atom stereocenters. The minimum atomic E-state index is 0.000829. The van der Waals surface area contributed by atoms with Gasteiger partial charge in [0.1, 0.15) is 5.75 Å². The van der Waals surface area contributed by atoms with E-state index in [0.717, 1.165) is 30.8 Å². The molecule has 0 spiro atoms. The quantitative estimate of drug-likeness (QED) is 0.735. The highest BCUT2D eigenvalue weighted by Gasteiger charge is 2.09. The number of benzene rings is 2. The average Bonchev–Trinajstić information content (AvgIpc) is 2.64. The maximum atomic E-state index is 12.1. The summed E-state index contributed by atoms with van der Waals surface area (Å²) in [4.78, 5) is 14.5. The number of rotatable bonds is 9. The number of amides is 1. The highest BCUT2D eigenvalue weighted by atomic mass is 16.3. The van der Waals surface area contributed by atoms with E-state index in [9.17, 15) is 9.90 Å². The van der Waals surface area contributed by atoms with Crippen molar-refractivity contribution >= 4 is 5.91 Å². The van der Waals surface area contributed by atoms with E-state index >= 15 is 0 Å². The minimum Gasteiger partial charge on any atom is -0.508 e. The fourth-order valence-electron chi connectivity index (χ4n) is 2.82. The lowest BCUT2D eigenvalue weighted by atomic mass is 10.1. The standard InChI is InChI=1S/C21H28N2O2/c1-3-23(4-2)16-19-11-6-5-10-18(19)15-22-21(25)14-13-17-9-7-8-12-20(17)24/h5-12,24H,3-4,13-16H2,1-2H3,(H,22,25). The Morgan fingerprint density at radius 3 is 2.20 bits per heavy atom. The van der Waals surface area contributed by atoms with Gasteiger partial charge in [-0.05, 0) is 42.3 Å². The molecule has 4 nitrogen and oxygen atoms in total. The van der Waals surface area contributed by atoms with Crippen LogP contribution >= 0.6 is 0 Å². The Morgan fingerprint density at radius 1 is 0.960 bits per heavy atom. The Balaban J connectivity index is 1.88. The summed E-state index contributed by atoms with van der Waals surface area (Å²) < 4.78 is 0. The summed E-state index contributed by atoms with van der Waals surface area (Å²) in [6.07, 6.45) is 0.912. The van der Waals surface area contributed by atoms with Gasteiger partial charge in [0.15, 0.2) is 0 Å². The molecular weight excluding hydrogens is 312 g/mol. The molecular formula is C21H28N2O2. The van der Waals surface area contributed by atoms with Gasteiger partial charge in [-0.25, -0.2) is 0 Å². The zero-order valence-electron chi connectivity index (χ0n) is 15.2. The maximum Gasteiger partial charge on any atom is 0.220 e. The van der Waals surface area contributed by atoms with Crippen LogP contribution in [0.1, 0.15) is 37.0 Å². The van der Waals surface area contributed by atoms with Crippen LogP contribution in [0.2, 0.25) is 0 Å². The fraction of sp³-hybridized carbons (Fsp3) is 0.381. The lowest BCUT2D eigenvalue weighted by molar-refractivity contribution is -0.121.